The maximum atomic E-state index is 12.3. The largest absolute Gasteiger partial charge is 0.301 e. The number of hydrogen-bond acceptors (Lipinski definition) is 6. The summed E-state index contributed by atoms with van der Waals surface area (Å²) in [6.45, 7) is 4.07. The summed E-state index contributed by atoms with van der Waals surface area (Å²) in [7, 11) is -1.79. The second kappa shape index (κ2) is 9.20. The monoisotopic (exact) mass is 461 g/mol. The van der Waals surface area contributed by atoms with Crippen LogP contribution in [0.5, 0.6) is 0 Å². The zero-order valence-corrected chi connectivity index (χ0v) is 19.6. The first-order valence-corrected chi connectivity index (χ1v) is 12.8. The second-order valence-corrected chi connectivity index (χ2v) is 10.8. The van der Waals surface area contributed by atoms with Gasteiger partial charge in [-0.1, -0.05) is 29.8 Å². The van der Waals surface area contributed by atoms with E-state index in [1.165, 1.54) is 40.0 Å². The zero-order valence-electron chi connectivity index (χ0n) is 17.2. The van der Waals surface area contributed by atoms with Crippen molar-refractivity contribution >= 4 is 49.8 Å². The molecule has 0 aliphatic rings. The summed E-state index contributed by atoms with van der Waals surface area (Å²) >= 11 is 2.87. The number of nitrogens with one attached hydrogen (secondary N) is 1. The van der Waals surface area contributed by atoms with E-state index in [1.54, 1.807) is 12.1 Å². The number of benzene rings is 2. The second-order valence-electron chi connectivity index (χ2n) is 6.92. The quantitative estimate of drug-likeness (QED) is 0.522. The van der Waals surface area contributed by atoms with E-state index < -0.39 is 10.0 Å². The Morgan fingerprint density at radius 2 is 1.87 bits per heavy atom. The minimum absolute atomic E-state index is 0.105. The molecular formula is C21H23N3O3S3. The Morgan fingerprint density at radius 3 is 2.53 bits per heavy atom. The molecule has 1 amide bonds. The molecule has 2 aromatic carbocycles. The highest BCUT2D eigenvalue weighted by molar-refractivity contribution is 8.00. The number of anilines is 2. The molecule has 6 nitrogen and oxygen atoms in total. The number of nitrogens with zero attached hydrogens (tertiary/aromatic N) is 2. The van der Waals surface area contributed by atoms with Crippen LogP contribution in [-0.4, -0.2) is 38.4 Å². The molecule has 9 heteroatoms. The first-order valence-electron chi connectivity index (χ1n) is 9.13. The van der Waals surface area contributed by atoms with Crippen LogP contribution in [-0.2, 0) is 14.8 Å². The number of aryl methyl sites for hydroxylation is 2. The van der Waals surface area contributed by atoms with Crippen LogP contribution in [0.4, 0.5) is 10.8 Å². The molecule has 3 aromatic rings. The van der Waals surface area contributed by atoms with Gasteiger partial charge in [0.05, 0.1) is 23.4 Å². The van der Waals surface area contributed by atoms with Gasteiger partial charge in [-0.05, 0) is 37.6 Å². The van der Waals surface area contributed by atoms with Crippen molar-refractivity contribution in [3.05, 3.63) is 59.0 Å². The number of thiazole rings is 1. The van der Waals surface area contributed by atoms with Crippen LogP contribution in [0, 0.1) is 13.8 Å². The molecule has 0 aliphatic heterocycles. The van der Waals surface area contributed by atoms with E-state index >= 15 is 0 Å². The molecule has 0 radical (unpaired) electrons. The number of rotatable bonds is 7. The third kappa shape index (κ3) is 5.62. The van der Waals surface area contributed by atoms with Gasteiger partial charge >= 0.3 is 0 Å². The van der Waals surface area contributed by atoms with Crippen LogP contribution in [0.3, 0.4) is 0 Å². The molecule has 1 aromatic heterocycles. The van der Waals surface area contributed by atoms with E-state index in [-0.39, 0.29) is 5.91 Å². The number of amides is 1. The molecule has 0 saturated carbocycles. The van der Waals surface area contributed by atoms with Crippen molar-refractivity contribution in [1.29, 1.82) is 0 Å². The predicted octanol–water partition coefficient (Wildman–Crippen LogP) is 4.55. The third-order valence-electron chi connectivity index (χ3n) is 4.48. The van der Waals surface area contributed by atoms with Crippen molar-refractivity contribution in [1.82, 2.24) is 4.98 Å². The lowest BCUT2D eigenvalue weighted by Gasteiger charge is -2.16. The summed E-state index contributed by atoms with van der Waals surface area (Å²) in [6.07, 6.45) is 1.16. The van der Waals surface area contributed by atoms with Crippen molar-refractivity contribution in [2.75, 3.05) is 28.7 Å². The summed E-state index contributed by atoms with van der Waals surface area (Å²) in [5.41, 5.74) is 4.48. The van der Waals surface area contributed by atoms with Gasteiger partial charge in [-0.3, -0.25) is 9.10 Å². The zero-order chi connectivity index (χ0) is 21.9. The molecule has 1 heterocycles. The highest BCUT2D eigenvalue weighted by Gasteiger charge is 2.13. The average molecular weight is 462 g/mol. The van der Waals surface area contributed by atoms with Crippen molar-refractivity contribution in [2.24, 2.45) is 0 Å². The summed E-state index contributed by atoms with van der Waals surface area (Å²) in [5, 5.41) is 5.25. The normalized spacial score (nSPS) is 11.3. The van der Waals surface area contributed by atoms with Gasteiger partial charge in [-0.15, -0.1) is 23.1 Å². The third-order valence-corrected chi connectivity index (χ3v) is 7.60. The fourth-order valence-electron chi connectivity index (χ4n) is 2.66. The average Bonchev–Trinajstić information content (AvgIpc) is 3.16. The molecule has 0 spiro atoms. The van der Waals surface area contributed by atoms with E-state index in [9.17, 15) is 13.2 Å². The topological polar surface area (TPSA) is 79.4 Å². The molecule has 0 atom stereocenters. The molecule has 0 saturated heterocycles. The standard InChI is InChI=1S/C21H23N3O3S3/c1-14-5-6-15(2)19(11-14)28-13-20(25)23-21-22-18(12-29-21)16-7-9-17(10-8-16)24(3)30(4,26)27/h5-12H,13H2,1-4H3,(H,22,23,25). The lowest BCUT2D eigenvalue weighted by molar-refractivity contribution is -0.113. The summed E-state index contributed by atoms with van der Waals surface area (Å²) in [4.78, 5) is 17.9. The highest BCUT2D eigenvalue weighted by Crippen LogP contribution is 2.28. The Hall–Kier alpha value is -2.36. The molecule has 30 heavy (non-hydrogen) atoms. The maximum absolute atomic E-state index is 12.3. The minimum Gasteiger partial charge on any atom is -0.301 e. The minimum atomic E-state index is -3.30. The Morgan fingerprint density at radius 1 is 1.17 bits per heavy atom. The number of thioether (sulfide) groups is 1. The first-order chi connectivity index (χ1) is 14.1. The van der Waals surface area contributed by atoms with E-state index in [2.05, 4.69) is 28.5 Å². The summed E-state index contributed by atoms with van der Waals surface area (Å²) in [6, 6.07) is 13.3. The molecule has 1 N–H and O–H groups in total. The Kier molecular flexibility index (Phi) is 6.84. The Labute approximate surface area is 185 Å². The van der Waals surface area contributed by atoms with Crippen molar-refractivity contribution in [3.8, 4) is 11.3 Å². The molecule has 0 fully saturated rings. The summed E-state index contributed by atoms with van der Waals surface area (Å²) < 4.78 is 24.5. The van der Waals surface area contributed by atoms with Crippen LogP contribution in [0.1, 0.15) is 11.1 Å². The summed E-state index contributed by atoms with van der Waals surface area (Å²) in [5.74, 6) is 0.207. The smallest absolute Gasteiger partial charge is 0.236 e. The van der Waals surface area contributed by atoms with Crippen LogP contribution in [0.2, 0.25) is 0 Å². The molecule has 0 aliphatic carbocycles. The van der Waals surface area contributed by atoms with E-state index in [0.717, 1.165) is 28.0 Å². The van der Waals surface area contributed by atoms with Crippen LogP contribution < -0.4 is 9.62 Å². The molecule has 3 rings (SSSR count). The lowest BCUT2D eigenvalue weighted by Crippen LogP contribution is -2.24. The van der Waals surface area contributed by atoms with Gasteiger partial charge in [0.25, 0.3) is 0 Å². The number of hydrogen-bond donors (Lipinski definition) is 1. The van der Waals surface area contributed by atoms with Gasteiger partial charge in [-0.2, -0.15) is 0 Å². The molecule has 0 unspecified atom stereocenters. The van der Waals surface area contributed by atoms with Crippen LogP contribution in [0.25, 0.3) is 11.3 Å². The predicted molar refractivity (Wildman–Crippen MR) is 126 cm³/mol. The fraction of sp³-hybridized carbons (Fsp3) is 0.238. The Bertz CT molecular complexity index is 1160. The van der Waals surface area contributed by atoms with Gasteiger partial charge in [0.2, 0.25) is 15.9 Å². The first kappa shape index (κ1) is 22.3. The number of carbonyl (C=O) groups is 1. The van der Waals surface area contributed by atoms with Crippen LogP contribution in [0.15, 0.2) is 52.7 Å². The number of sulfonamides is 1. The van der Waals surface area contributed by atoms with Gasteiger partial charge < -0.3 is 5.32 Å². The van der Waals surface area contributed by atoms with Crippen LogP contribution >= 0.6 is 23.1 Å². The van der Waals surface area contributed by atoms with Gasteiger partial charge in [-0.25, -0.2) is 13.4 Å². The van der Waals surface area contributed by atoms with Gasteiger partial charge in [0.1, 0.15) is 0 Å². The number of carbonyl (C=O) groups excluding carboxylic acids is 1. The lowest BCUT2D eigenvalue weighted by atomic mass is 10.1. The Balaban J connectivity index is 1.62. The van der Waals surface area contributed by atoms with E-state index in [0.29, 0.717) is 16.6 Å². The molecular weight excluding hydrogens is 438 g/mol. The fourth-order valence-corrected chi connectivity index (χ4v) is 4.82. The maximum Gasteiger partial charge on any atom is 0.236 e. The molecule has 0 bridgehead atoms. The van der Waals surface area contributed by atoms with Crippen molar-refractivity contribution in [3.63, 3.8) is 0 Å². The highest BCUT2D eigenvalue weighted by atomic mass is 32.2. The van der Waals surface area contributed by atoms with Gasteiger partial charge in [0.15, 0.2) is 5.13 Å². The van der Waals surface area contributed by atoms with E-state index in [1.807, 2.05) is 31.4 Å². The SMILES string of the molecule is Cc1ccc(C)c(SCC(=O)Nc2nc(-c3ccc(N(C)S(C)(=O)=O)cc3)cs2)c1. The van der Waals surface area contributed by atoms with Crippen molar-refractivity contribution < 1.29 is 13.2 Å². The van der Waals surface area contributed by atoms with Gasteiger partial charge in [0, 0.05) is 22.9 Å². The molecule has 158 valence electrons. The van der Waals surface area contributed by atoms with E-state index in [4.69, 9.17) is 0 Å². The number of aromatic nitrogens is 1. The van der Waals surface area contributed by atoms with Crippen molar-refractivity contribution in [2.45, 2.75) is 18.7 Å².